The second kappa shape index (κ2) is 9.96. The van der Waals surface area contributed by atoms with Crippen molar-refractivity contribution in [2.45, 2.75) is 26.7 Å². The molecule has 0 aromatic heterocycles. The molecule has 1 N–H and O–H groups in total. The van der Waals surface area contributed by atoms with Crippen LogP contribution in [0.25, 0.3) is 0 Å². The quantitative estimate of drug-likeness (QED) is 0.746. The van der Waals surface area contributed by atoms with Crippen molar-refractivity contribution in [2.24, 2.45) is 0 Å². The summed E-state index contributed by atoms with van der Waals surface area (Å²) in [6.07, 6.45) is 2.46. The van der Waals surface area contributed by atoms with Crippen molar-refractivity contribution in [1.82, 2.24) is 5.32 Å². The third kappa shape index (κ3) is 5.98. The summed E-state index contributed by atoms with van der Waals surface area (Å²) in [5.74, 6) is 0.400. The van der Waals surface area contributed by atoms with E-state index >= 15 is 0 Å². The Morgan fingerprint density at radius 1 is 1.03 bits per heavy atom. The number of aryl methyl sites for hydroxylation is 1. The molecule has 0 saturated carbocycles. The topological polar surface area (TPSA) is 61.9 Å². The van der Waals surface area contributed by atoms with E-state index in [0.29, 0.717) is 18.8 Å². The van der Waals surface area contributed by atoms with E-state index in [-0.39, 0.29) is 18.4 Å². The van der Waals surface area contributed by atoms with E-state index in [1.807, 2.05) is 43.3 Å². The number of ether oxygens (including phenoxy) is 1. The van der Waals surface area contributed by atoms with Crippen LogP contribution in [0.2, 0.25) is 0 Å². The van der Waals surface area contributed by atoms with Crippen molar-refractivity contribution in [2.75, 3.05) is 42.6 Å². The van der Waals surface area contributed by atoms with Crippen LogP contribution in [0.1, 0.15) is 25.3 Å². The van der Waals surface area contributed by atoms with E-state index in [2.05, 4.69) is 22.3 Å². The minimum absolute atomic E-state index is 0.0480. The average Bonchev–Trinajstić information content (AvgIpc) is 3.26. The van der Waals surface area contributed by atoms with Crippen molar-refractivity contribution in [3.8, 4) is 5.75 Å². The molecule has 0 unspecified atom stereocenters. The minimum Gasteiger partial charge on any atom is -0.484 e. The molecule has 2 amide bonds. The molecule has 6 heteroatoms. The van der Waals surface area contributed by atoms with E-state index < -0.39 is 0 Å². The van der Waals surface area contributed by atoms with Gasteiger partial charge in [0.15, 0.2) is 6.61 Å². The van der Waals surface area contributed by atoms with Crippen LogP contribution >= 0.6 is 0 Å². The molecule has 1 heterocycles. The smallest absolute Gasteiger partial charge is 0.258 e. The van der Waals surface area contributed by atoms with Crippen molar-refractivity contribution in [1.29, 1.82) is 0 Å². The number of nitrogens with one attached hydrogen (secondary N) is 1. The van der Waals surface area contributed by atoms with Gasteiger partial charge in [-0.1, -0.05) is 17.7 Å². The fraction of sp³-hybridized carbons (Fsp3) is 0.391. The molecule has 0 radical (unpaired) electrons. The van der Waals surface area contributed by atoms with E-state index in [4.69, 9.17) is 4.74 Å². The number of benzene rings is 2. The van der Waals surface area contributed by atoms with Gasteiger partial charge in [0.1, 0.15) is 5.75 Å². The Kier molecular flexibility index (Phi) is 7.11. The van der Waals surface area contributed by atoms with Crippen LogP contribution in [0.5, 0.6) is 5.75 Å². The second-order valence-corrected chi connectivity index (χ2v) is 7.33. The zero-order valence-corrected chi connectivity index (χ0v) is 17.2. The van der Waals surface area contributed by atoms with Gasteiger partial charge in [0.05, 0.1) is 0 Å². The highest BCUT2D eigenvalue weighted by Gasteiger charge is 2.15. The van der Waals surface area contributed by atoms with Gasteiger partial charge < -0.3 is 19.9 Å². The molecule has 2 aromatic carbocycles. The Hall–Kier alpha value is -3.02. The Morgan fingerprint density at radius 3 is 2.31 bits per heavy atom. The molecule has 1 aliphatic rings. The summed E-state index contributed by atoms with van der Waals surface area (Å²) >= 11 is 0. The molecule has 1 aliphatic heterocycles. The Labute approximate surface area is 172 Å². The third-order valence-electron chi connectivity index (χ3n) is 5.06. The van der Waals surface area contributed by atoms with E-state index in [1.54, 1.807) is 4.90 Å². The lowest BCUT2D eigenvalue weighted by Gasteiger charge is -2.23. The van der Waals surface area contributed by atoms with Crippen LogP contribution in [0.15, 0.2) is 48.5 Å². The largest absolute Gasteiger partial charge is 0.484 e. The number of carbonyl (C=O) groups excluding carboxylic acids is 2. The van der Waals surface area contributed by atoms with Gasteiger partial charge in [-0.25, -0.2) is 0 Å². The van der Waals surface area contributed by atoms with Crippen LogP contribution < -0.4 is 19.9 Å². The first kappa shape index (κ1) is 20.7. The summed E-state index contributed by atoms with van der Waals surface area (Å²) in [7, 11) is 0. The molecule has 154 valence electrons. The molecule has 6 nitrogen and oxygen atoms in total. The van der Waals surface area contributed by atoms with Crippen LogP contribution in [0, 0.1) is 6.92 Å². The molecule has 1 fully saturated rings. The lowest BCUT2D eigenvalue weighted by atomic mass is 10.2. The van der Waals surface area contributed by atoms with Gasteiger partial charge in [0, 0.05) is 44.5 Å². The van der Waals surface area contributed by atoms with E-state index in [9.17, 15) is 9.59 Å². The normalized spacial score (nSPS) is 13.2. The van der Waals surface area contributed by atoms with Gasteiger partial charge in [0.2, 0.25) is 5.91 Å². The minimum atomic E-state index is -0.210. The van der Waals surface area contributed by atoms with Gasteiger partial charge in [-0.2, -0.15) is 0 Å². The third-order valence-corrected chi connectivity index (χ3v) is 5.06. The van der Waals surface area contributed by atoms with Crippen molar-refractivity contribution in [3.05, 3.63) is 54.1 Å². The maximum atomic E-state index is 12.1. The molecule has 0 atom stereocenters. The van der Waals surface area contributed by atoms with Crippen LogP contribution in [-0.4, -0.2) is 44.6 Å². The number of rotatable bonds is 8. The Bertz CT molecular complexity index is 812. The summed E-state index contributed by atoms with van der Waals surface area (Å²) in [5, 5.41) is 2.81. The van der Waals surface area contributed by atoms with Gasteiger partial charge >= 0.3 is 0 Å². The zero-order valence-electron chi connectivity index (χ0n) is 17.2. The number of anilines is 2. The highest BCUT2D eigenvalue weighted by Crippen LogP contribution is 2.24. The maximum absolute atomic E-state index is 12.1. The first-order valence-corrected chi connectivity index (χ1v) is 10.1. The van der Waals surface area contributed by atoms with Crippen LogP contribution in [0.4, 0.5) is 11.4 Å². The molecular weight excluding hydrogens is 366 g/mol. The lowest BCUT2D eigenvalue weighted by Crippen LogP contribution is -2.39. The number of amides is 2. The summed E-state index contributed by atoms with van der Waals surface area (Å²) in [6, 6.07) is 15.6. The average molecular weight is 396 g/mol. The molecule has 1 saturated heterocycles. The maximum Gasteiger partial charge on any atom is 0.258 e. The highest BCUT2D eigenvalue weighted by molar-refractivity contribution is 5.91. The molecular formula is C23H29N3O3. The fourth-order valence-corrected chi connectivity index (χ4v) is 3.43. The predicted molar refractivity (Wildman–Crippen MR) is 116 cm³/mol. The molecule has 3 rings (SSSR count). The van der Waals surface area contributed by atoms with Crippen molar-refractivity contribution in [3.63, 3.8) is 0 Å². The number of carbonyl (C=O) groups is 2. The highest BCUT2D eigenvalue weighted by atomic mass is 16.5. The van der Waals surface area contributed by atoms with Gasteiger partial charge in [-0.15, -0.1) is 0 Å². The number of hydrogen-bond donors (Lipinski definition) is 1. The first-order valence-electron chi connectivity index (χ1n) is 10.1. The Balaban J connectivity index is 1.47. The first-order chi connectivity index (χ1) is 14.0. The second-order valence-electron chi connectivity index (χ2n) is 7.33. The zero-order chi connectivity index (χ0) is 20.6. The van der Waals surface area contributed by atoms with E-state index in [1.165, 1.54) is 25.5 Å². The molecule has 2 aromatic rings. The molecule has 0 spiro atoms. The van der Waals surface area contributed by atoms with Crippen LogP contribution in [-0.2, 0) is 9.59 Å². The van der Waals surface area contributed by atoms with Crippen LogP contribution in [0.3, 0.4) is 0 Å². The monoisotopic (exact) mass is 395 g/mol. The molecule has 29 heavy (non-hydrogen) atoms. The van der Waals surface area contributed by atoms with Gasteiger partial charge in [0.25, 0.3) is 5.91 Å². The SMILES string of the molecule is CC(=O)N(CCNC(=O)COc1ccc(C)cc1)c1ccc(N2CCCC2)cc1. The summed E-state index contributed by atoms with van der Waals surface area (Å²) in [5.41, 5.74) is 3.17. The Morgan fingerprint density at radius 2 is 1.69 bits per heavy atom. The lowest BCUT2D eigenvalue weighted by molar-refractivity contribution is -0.123. The van der Waals surface area contributed by atoms with Crippen molar-refractivity contribution >= 4 is 23.2 Å². The molecule has 0 bridgehead atoms. The fourth-order valence-electron chi connectivity index (χ4n) is 3.43. The number of nitrogens with zero attached hydrogens (tertiary/aromatic N) is 2. The molecule has 0 aliphatic carbocycles. The van der Waals surface area contributed by atoms with Gasteiger partial charge in [-0.3, -0.25) is 9.59 Å². The number of hydrogen-bond acceptors (Lipinski definition) is 4. The predicted octanol–water partition coefficient (Wildman–Crippen LogP) is 3.14. The standard InChI is InChI=1S/C23H29N3O3/c1-18-5-11-22(12-6-18)29-17-23(28)24-13-16-26(19(2)27)21-9-7-20(8-10-21)25-14-3-4-15-25/h5-12H,3-4,13-17H2,1-2H3,(H,24,28). The van der Waals surface area contributed by atoms with E-state index in [0.717, 1.165) is 24.3 Å². The van der Waals surface area contributed by atoms with Gasteiger partial charge in [-0.05, 0) is 56.2 Å². The van der Waals surface area contributed by atoms with Crippen molar-refractivity contribution < 1.29 is 14.3 Å². The summed E-state index contributed by atoms with van der Waals surface area (Å²) in [4.78, 5) is 28.1. The summed E-state index contributed by atoms with van der Waals surface area (Å²) < 4.78 is 5.48. The summed E-state index contributed by atoms with van der Waals surface area (Å²) in [6.45, 7) is 6.44.